The second-order valence-electron chi connectivity index (χ2n) is 17.0. The van der Waals surface area contributed by atoms with Crippen LogP contribution in [0.25, 0.3) is 77.9 Å². The van der Waals surface area contributed by atoms with E-state index in [2.05, 4.69) is 205 Å². The van der Waals surface area contributed by atoms with Gasteiger partial charge in [0.25, 0.3) is 0 Å². The number of para-hydroxylation sites is 2. The Bertz CT molecular complexity index is 3700. The standard InChI is InChI=1S/C62H40N2O2/c1-5-17-41(18-6-1)49-26-15-28-53-54-29-16-27-50(60(54)66-59(49)53)42-31-33-46(34-32-42)64(48-36-38-58-57(40-48)63-61(65-58)43-19-7-2-8-20-43)47-35-37-52-51-25-13-14-30-55(51)62(56(52)39-47,44-21-9-3-10-22-44)45-23-11-4-12-24-45/h1-40H. The van der Waals surface area contributed by atoms with Crippen LogP contribution >= 0.6 is 0 Å². The molecule has 0 spiro atoms. The molecule has 4 heteroatoms. The van der Waals surface area contributed by atoms with Crippen LogP contribution < -0.4 is 4.90 Å². The molecule has 2 heterocycles. The summed E-state index contributed by atoms with van der Waals surface area (Å²) in [6.45, 7) is 0. The molecule has 0 bridgehead atoms. The average molecular weight is 845 g/mol. The summed E-state index contributed by atoms with van der Waals surface area (Å²) < 4.78 is 13.2. The Morgan fingerprint density at radius 2 is 0.848 bits per heavy atom. The van der Waals surface area contributed by atoms with E-state index < -0.39 is 5.41 Å². The minimum Gasteiger partial charge on any atom is -0.455 e. The Balaban J connectivity index is 0.992. The fourth-order valence-corrected chi connectivity index (χ4v) is 10.5. The molecule has 0 saturated carbocycles. The topological polar surface area (TPSA) is 42.4 Å². The van der Waals surface area contributed by atoms with Gasteiger partial charge in [-0.2, -0.15) is 0 Å². The molecule has 0 radical (unpaired) electrons. The molecule has 0 N–H and O–H groups in total. The Hall–Kier alpha value is -8.73. The van der Waals surface area contributed by atoms with Crippen LogP contribution in [0.4, 0.5) is 17.1 Å². The van der Waals surface area contributed by atoms with Crippen molar-refractivity contribution in [2.24, 2.45) is 0 Å². The summed E-state index contributed by atoms with van der Waals surface area (Å²) in [5.74, 6) is 0.597. The zero-order valence-corrected chi connectivity index (χ0v) is 35.8. The van der Waals surface area contributed by atoms with Crippen molar-refractivity contribution in [2.75, 3.05) is 4.90 Å². The lowest BCUT2D eigenvalue weighted by Crippen LogP contribution is -2.28. The van der Waals surface area contributed by atoms with Crippen LogP contribution in [0.15, 0.2) is 251 Å². The predicted molar refractivity (Wildman–Crippen MR) is 270 cm³/mol. The van der Waals surface area contributed by atoms with Gasteiger partial charge in [-0.3, -0.25) is 0 Å². The monoisotopic (exact) mass is 844 g/mol. The van der Waals surface area contributed by atoms with Crippen molar-refractivity contribution in [1.82, 2.24) is 4.98 Å². The lowest BCUT2D eigenvalue weighted by Gasteiger charge is -2.35. The number of hydrogen-bond acceptors (Lipinski definition) is 4. The molecule has 0 fully saturated rings. The minimum atomic E-state index is -0.549. The first-order valence-electron chi connectivity index (χ1n) is 22.4. The van der Waals surface area contributed by atoms with Gasteiger partial charge in [0.15, 0.2) is 5.58 Å². The molecule has 1 aliphatic carbocycles. The first kappa shape index (κ1) is 37.8. The van der Waals surface area contributed by atoms with Crippen molar-refractivity contribution in [3.05, 3.63) is 265 Å². The van der Waals surface area contributed by atoms with Crippen LogP contribution in [0.1, 0.15) is 22.3 Å². The average Bonchev–Trinajstić information content (AvgIpc) is 4.09. The van der Waals surface area contributed by atoms with Crippen molar-refractivity contribution in [3.63, 3.8) is 0 Å². The van der Waals surface area contributed by atoms with Gasteiger partial charge in [0.2, 0.25) is 5.89 Å². The number of fused-ring (bicyclic) bond motifs is 7. The van der Waals surface area contributed by atoms with Crippen molar-refractivity contribution >= 4 is 50.1 Å². The second kappa shape index (κ2) is 15.2. The number of benzene rings is 10. The molecular formula is C62H40N2O2. The molecular weight excluding hydrogens is 805 g/mol. The lowest BCUT2D eigenvalue weighted by molar-refractivity contribution is 0.620. The number of anilines is 3. The zero-order valence-electron chi connectivity index (χ0n) is 35.8. The third-order valence-electron chi connectivity index (χ3n) is 13.4. The van der Waals surface area contributed by atoms with Crippen molar-refractivity contribution in [1.29, 1.82) is 0 Å². The van der Waals surface area contributed by atoms with Gasteiger partial charge in [-0.15, -0.1) is 0 Å². The SMILES string of the molecule is c1ccc(-c2nc3cc(N(c4ccc(-c5cccc6c5oc5c(-c7ccccc7)cccc56)cc4)c4ccc5c(c4)C(c4ccccc4)(c4ccccc4)c4ccccc4-5)ccc3o2)cc1. The number of rotatable bonds is 8. The van der Waals surface area contributed by atoms with E-state index in [4.69, 9.17) is 13.8 Å². The Kier molecular flexibility index (Phi) is 8.72. The van der Waals surface area contributed by atoms with Crippen molar-refractivity contribution < 1.29 is 8.83 Å². The van der Waals surface area contributed by atoms with E-state index in [-0.39, 0.29) is 0 Å². The molecule has 0 saturated heterocycles. The molecule has 1 aliphatic rings. The summed E-state index contributed by atoms with van der Waals surface area (Å²) in [5, 5.41) is 2.21. The van der Waals surface area contributed by atoms with Gasteiger partial charge in [-0.05, 0) is 99.1 Å². The van der Waals surface area contributed by atoms with E-state index in [9.17, 15) is 0 Å². The highest BCUT2D eigenvalue weighted by atomic mass is 16.3. The molecule has 2 aromatic heterocycles. The fraction of sp³-hybridized carbons (Fsp3) is 0.0161. The maximum Gasteiger partial charge on any atom is 0.227 e. The molecule has 0 unspecified atom stereocenters. The molecule has 0 atom stereocenters. The quantitative estimate of drug-likeness (QED) is 0.153. The molecule has 66 heavy (non-hydrogen) atoms. The van der Waals surface area contributed by atoms with Crippen LogP contribution in [0.5, 0.6) is 0 Å². The summed E-state index contributed by atoms with van der Waals surface area (Å²) in [4.78, 5) is 7.37. The lowest BCUT2D eigenvalue weighted by atomic mass is 9.67. The van der Waals surface area contributed by atoms with Crippen LogP contribution in [-0.2, 0) is 5.41 Å². The van der Waals surface area contributed by atoms with Crippen LogP contribution in [0, 0.1) is 0 Å². The van der Waals surface area contributed by atoms with Gasteiger partial charge in [0.05, 0.1) is 5.41 Å². The molecule has 10 aromatic carbocycles. The fourth-order valence-electron chi connectivity index (χ4n) is 10.5. The molecule has 12 aromatic rings. The van der Waals surface area contributed by atoms with E-state index in [0.717, 1.165) is 77.9 Å². The number of oxazole rings is 1. The largest absolute Gasteiger partial charge is 0.455 e. The number of hydrogen-bond donors (Lipinski definition) is 0. The Morgan fingerprint density at radius 3 is 1.50 bits per heavy atom. The van der Waals surface area contributed by atoms with Crippen LogP contribution in [-0.4, -0.2) is 4.98 Å². The van der Waals surface area contributed by atoms with Crippen molar-refractivity contribution in [2.45, 2.75) is 5.41 Å². The third kappa shape index (κ3) is 5.89. The van der Waals surface area contributed by atoms with Crippen molar-refractivity contribution in [3.8, 4) is 44.8 Å². The first-order chi connectivity index (χ1) is 32.7. The van der Waals surface area contributed by atoms with Crippen LogP contribution in [0.3, 0.4) is 0 Å². The van der Waals surface area contributed by atoms with Gasteiger partial charge in [-0.25, -0.2) is 4.98 Å². The second-order valence-corrected chi connectivity index (χ2v) is 17.0. The predicted octanol–water partition coefficient (Wildman–Crippen LogP) is 16.6. The zero-order chi connectivity index (χ0) is 43.6. The minimum absolute atomic E-state index is 0.549. The number of furan rings is 1. The molecule has 0 amide bonds. The van der Waals surface area contributed by atoms with Gasteiger partial charge in [0.1, 0.15) is 16.7 Å². The van der Waals surface area contributed by atoms with E-state index >= 15 is 0 Å². The maximum atomic E-state index is 6.85. The summed E-state index contributed by atoms with van der Waals surface area (Å²) in [5.41, 5.74) is 18.5. The molecule has 0 aliphatic heterocycles. The Labute approximate surface area is 382 Å². The maximum absolute atomic E-state index is 6.85. The normalized spacial score (nSPS) is 12.7. The first-order valence-corrected chi connectivity index (χ1v) is 22.4. The highest BCUT2D eigenvalue weighted by Gasteiger charge is 2.46. The number of aromatic nitrogens is 1. The number of nitrogens with zero attached hydrogens (tertiary/aromatic N) is 2. The highest BCUT2D eigenvalue weighted by molar-refractivity contribution is 6.13. The molecule has 13 rings (SSSR count). The van der Waals surface area contributed by atoms with Gasteiger partial charge < -0.3 is 13.7 Å². The molecule has 4 nitrogen and oxygen atoms in total. The summed E-state index contributed by atoms with van der Waals surface area (Å²) in [7, 11) is 0. The summed E-state index contributed by atoms with van der Waals surface area (Å²) in [6.07, 6.45) is 0. The third-order valence-corrected chi connectivity index (χ3v) is 13.4. The van der Waals surface area contributed by atoms with Gasteiger partial charge in [0, 0.05) is 44.5 Å². The Morgan fingerprint density at radius 1 is 0.348 bits per heavy atom. The van der Waals surface area contributed by atoms with Crippen LogP contribution in [0.2, 0.25) is 0 Å². The smallest absolute Gasteiger partial charge is 0.227 e. The van der Waals surface area contributed by atoms with E-state index in [1.54, 1.807) is 0 Å². The van der Waals surface area contributed by atoms with Gasteiger partial charge >= 0.3 is 0 Å². The summed E-state index contributed by atoms with van der Waals surface area (Å²) >= 11 is 0. The van der Waals surface area contributed by atoms with Gasteiger partial charge in [-0.1, -0.05) is 188 Å². The molecule has 310 valence electrons. The van der Waals surface area contributed by atoms with E-state index in [1.807, 2.05) is 42.5 Å². The summed E-state index contributed by atoms with van der Waals surface area (Å²) in [6, 6.07) is 86.4. The highest BCUT2D eigenvalue weighted by Crippen LogP contribution is 2.57. The van der Waals surface area contributed by atoms with E-state index in [1.165, 1.54) is 33.4 Å². The van der Waals surface area contributed by atoms with E-state index in [0.29, 0.717) is 5.89 Å².